The second-order valence-electron chi connectivity index (χ2n) is 5.16. The predicted octanol–water partition coefficient (Wildman–Crippen LogP) is 2.23. The van der Waals surface area contributed by atoms with Gasteiger partial charge in [0.1, 0.15) is 0 Å². The summed E-state index contributed by atoms with van der Waals surface area (Å²) in [6.45, 7) is 5.93. The first-order valence-electron chi connectivity index (χ1n) is 8.04. The van der Waals surface area contributed by atoms with Crippen LogP contribution in [-0.2, 0) is 14.3 Å². The third-order valence-electron chi connectivity index (χ3n) is 3.55. The topological polar surface area (TPSA) is 58.6 Å². The predicted molar refractivity (Wildman–Crippen MR) is 82.7 cm³/mol. The normalized spacial score (nSPS) is 14.5. The fraction of sp³-hybridized carbons (Fsp3) is 0.750. The average molecular weight is 296 g/mol. The van der Waals surface area contributed by atoms with Crippen molar-refractivity contribution >= 4 is 11.9 Å². The van der Waals surface area contributed by atoms with Crippen molar-refractivity contribution in [3.05, 3.63) is 11.8 Å². The highest BCUT2D eigenvalue weighted by atomic mass is 16.5. The van der Waals surface area contributed by atoms with Gasteiger partial charge in [0.25, 0.3) is 0 Å². The quantitative estimate of drug-likeness (QED) is 0.523. The van der Waals surface area contributed by atoms with Crippen LogP contribution in [0.3, 0.4) is 0 Å². The van der Waals surface area contributed by atoms with Gasteiger partial charge in [-0.25, -0.2) is 0 Å². The zero-order valence-electron chi connectivity index (χ0n) is 13.3. The van der Waals surface area contributed by atoms with Crippen LogP contribution in [0.25, 0.3) is 0 Å². The van der Waals surface area contributed by atoms with Gasteiger partial charge in [0.05, 0.1) is 13.2 Å². The molecule has 0 bridgehead atoms. The standard InChI is InChI=1S/C16H28N2O3/c1-3-18(14-9-6-5-7-10-14)15(19)13-17-12-8-11-16(20)21-4-2/h9,17H,3-8,10-13H2,1-2H3. The van der Waals surface area contributed by atoms with Crippen LogP contribution >= 0.6 is 0 Å². The molecule has 5 nitrogen and oxygen atoms in total. The van der Waals surface area contributed by atoms with Crippen LogP contribution in [0, 0.1) is 0 Å². The van der Waals surface area contributed by atoms with Crippen molar-refractivity contribution in [2.24, 2.45) is 0 Å². The van der Waals surface area contributed by atoms with Crippen LogP contribution in [0.1, 0.15) is 52.4 Å². The van der Waals surface area contributed by atoms with Gasteiger partial charge in [-0.1, -0.05) is 6.08 Å². The van der Waals surface area contributed by atoms with Crippen LogP contribution in [0.4, 0.5) is 0 Å². The molecule has 21 heavy (non-hydrogen) atoms. The summed E-state index contributed by atoms with van der Waals surface area (Å²) in [6, 6.07) is 0. The number of nitrogens with one attached hydrogen (secondary N) is 1. The molecule has 0 atom stereocenters. The highest BCUT2D eigenvalue weighted by molar-refractivity contribution is 5.80. The summed E-state index contributed by atoms with van der Waals surface area (Å²) >= 11 is 0. The highest BCUT2D eigenvalue weighted by Gasteiger charge is 2.17. The van der Waals surface area contributed by atoms with E-state index in [0.717, 1.165) is 19.4 Å². The first-order valence-corrected chi connectivity index (χ1v) is 8.04. The summed E-state index contributed by atoms with van der Waals surface area (Å²) in [5.41, 5.74) is 1.17. The molecule has 0 aromatic rings. The Morgan fingerprint density at radius 2 is 2.14 bits per heavy atom. The number of nitrogens with zero attached hydrogens (tertiary/aromatic N) is 1. The van der Waals surface area contributed by atoms with E-state index >= 15 is 0 Å². The third kappa shape index (κ3) is 6.76. The Bertz CT molecular complexity index is 367. The maximum Gasteiger partial charge on any atom is 0.305 e. The van der Waals surface area contributed by atoms with Gasteiger partial charge in [-0.3, -0.25) is 9.59 Å². The smallest absolute Gasteiger partial charge is 0.305 e. The lowest BCUT2D eigenvalue weighted by Crippen LogP contribution is -2.38. The third-order valence-corrected chi connectivity index (χ3v) is 3.55. The number of hydrogen-bond acceptors (Lipinski definition) is 4. The van der Waals surface area contributed by atoms with E-state index in [1.54, 1.807) is 6.92 Å². The van der Waals surface area contributed by atoms with Crippen molar-refractivity contribution in [1.29, 1.82) is 0 Å². The summed E-state index contributed by atoms with van der Waals surface area (Å²) in [4.78, 5) is 25.2. The van der Waals surface area contributed by atoms with Crippen molar-refractivity contribution in [3.63, 3.8) is 0 Å². The molecular formula is C16H28N2O3. The minimum Gasteiger partial charge on any atom is -0.466 e. The molecule has 5 heteroatoms. The number of likely N-dealkylation sites (N-methyl/N-ethyl adjacent to an activating group) is 1. The zero-order chi connectivity index (χ0) is 15.5. The number of ether oxygens (including phenoxy) is 1. The first kappa shape index (κ1) is 17.7. The second-order valence-corrected chi connectivity index (χ2v) is 5.16. The Labute approximate surface area is 127 Å². The van der Waals surface area contributed by atoms with Gasteiger partial charge in [0.2, 0.25) is 5.91 Å². The average Bonchev–Trinajstić information content (AvgIpc) is 2.49. The number of esters is 1. The van der Waals surface area contributed by atoms with E-state index in [-0.39, 0.29) is 11.9 Å². The van der Waals surface area contributed by atoms with Crippen molar-refractivity contribution in [2.75, 3.05) is 26.2 Å². The highest BCUT2D eigenvalue weighted by Crippen LogP contribution is 2.20. The monoisotopic (exact) mass is 296 g/mol. The van der Waals surface area contributed by atoms with E-state index in [0.29, 0.717) is 32.5 Å². The lowest BCUT2D eigenvalue weighted by atomic mass is 10.0. The molecule has 0 aromatic carbocycles. The molecule has 0 unspecified atom stereocenters. The zero-order valence-corrected chi connectivity index (χ0v) is 13.3. The molecule has 0 aliphatic heterocycles. The summed E-state index contributed by atoms with van der Waals surface area (Å²) in [6.07, 6.45) is 7.75. The Morgan fingerprint density at radius 3 is 2.76 bits per heavy atom. The van der Waals surface area contributed by atoms with Crippen molar-refractivity contribution < 1.29 is 14.3 Å². The van der Waals surface area contributed by atoms with Gasteiger partial charge in [0, 0.05) is 18.7 Å². The Balaban J connectivity index is 2.22. The maximum atomic E-state index is 12.2. The summed E-state index contributed by atoms with van der Waals surface area (Å²) in [5.74, 6) is -0.0602. The molecule has 120 valence electrons. The van der Waals surface area contributed by atoms with E-state index in [1.807, 2.05) is 11.8 Å². The van der Waals surface area contributed by atoms with Gasteiger partial charge in [-0.15, -0.1) is 0 Å². The molecule has 0 saturated heterocycles. The van der Waals surface area contributed by atoms with Crippen LogP contribution < -0.4 is 5.32 Å². The first-order chi connectivity index (χ1) is 10.2. The van der Waals surface area contributed by atoms with E-state index in [1.165, 1.54) is 18.5 Å². The van der Waals surface area contributed by atoms with Gasteiger partial charge in [-0.05, 0) is 52.5 Å². The fourth-order valence-electron chi connectivity index (χ4n) is 2.49. The SMILES string of the molecule is CCOC(=O)CCCNCC(=O)N(CC)C1=CCCCC1. The van der Waals surface area contributed by atoms with Gasteiger partial charge in [0.15, 0.2) is 0 Å². The molecular weight excluding hydrogens is 268 g/mol. The molecule has 1 aliphatic rings. The summed E-state index contributed by atoms with van der Waals surface area (Å²) < 4.78 is 4.86. The minimum atomic E-state index is -0.173. The summed E-state index contributed by atoms with van der Waals surface area (Å²) in [7, 11) is 0. The molecule has 0 radical (unpaired) electrons. The van der Waals surface area contributed by atoms with Crippen LogP contribution in [0.15, 0.2) is 11.8 Å². The molecule has 1 rings (SSSR count). The fourth-order valence-corrected chi connectivity index (χ4v) is 2.49. The number of hydrogen-bond donors (Lipinski definition) is 1. The summed E-state index contributed by atoms with van der Waals surface area (Å²) in [5, 5.41) is 3.11. The Hall–Kier alpha value is -1.36. The van der Waals surface area contributed by atoms with E-state index < -0.39 is 0 Å². The van der Waals surface area contributed by atoms with E-state index in [2.05, 4.69) is 11.4 Å². The molecule has 0 spiro atoms. The number of amides is 1. The van der Waals surface area contributed by atoms with Crippen molar-refractivity contribution in [1.82, 2.24) is 10.2 Å². The van der Waals surface area contributed by atoms with Gasteiger partial charge >= 0.3 is 5.97 Å². The van der Waals surface area contributed by atoms with E-state index in [4.69, 9.17) is 4.74 Å². The molecule has 1 amide bonds. The second kappa shape index (κ2) is 10.4. The Morgan fingerprint density at radius 1 is 1.33 bits per heavy atom. The van der Waals surface area contributed by atoms with Gasteiger partial charge in [-0.2, -0.15) is 0 Å². The Kier molecular flexibility index (Phi) is 8.74. The number of rotatable bonds is 9. The van der Waals surface area contributed by atoms with Crippen LogP contribution in [0.2, 0.25) is 0 Å². The largest absolute Gasteiger partial charge is 0.466 e. The molecule has 1 N–H and O–H groups in total. The van der Waals surface area contributed by atoms with Crippen LogP contribution in [0.5, 0.6) is 0 Å². The number of carbonyl (C=O) groups is 2. The molecule has 0 saturated carbocycles. The number of carbonyl (C=O) groups excluding carboxylic acids is 2. The number of allylic oxidation sites excluding steroid dienone is 2. The molecule has 0 aromatic heterocycles. The lowest BCUT2D eigenvalue weighted by Gasteiger charge is -2.26. The molecule has 0 heterocycles. The maximum absolute atomic E-state index is 12.2. The lowest BCUT2D eigenvalue weighted by molar-refractivity contribution is -0.143. The minimum absolute atomic E-state index is 0.113. The van der Waals surface area contributed by atoms with Crippen molar-refractivity contribution in [3.8, 4) is 0 Å². The molecule has 0 fully saturated rings. The van der Waals surface area contributed by atoms with E-state index in [9.17, 15) is 9.59 Å². The van der Waals surface area contributed by atoms with Gasteiger partial charge < -0.3 is 15.0 Å². The molecule has 1 aliphatic carbocycles. The van der Waals surface area contributed by atoms with Crippen LogP contribution in [-0.4, -0.2) is 43.0 Å². The van der Waals surface area contributed by atoms with Crippen molar-refractivity contribution in [2.45, 2.75) is 52.4 Å².